The lowest BCUT2D eigenvalue weighted by Gasteiger charge is -2.19. The zero-order valence-electron chi connectivity index (χ0n) is 36.9. The molecular weight excluding hydrogens is 894 g/mol. The third-order valence-corrected chi connectivity index (χ3v) is 12.5. The summed E-state index contributed by atoms with van der Waals surface area (Å²) in [4.78, 5) is 79.5. The van der Waals surface area contributed by atoms with E-state index in [2.05, 4.69) is 50.5 Å². The molecule has 6 aromatic rings. The lowest BCUT2D eigenvalue weighted by molar-refractivity contribution is 0.0945. The normalized spacial score (nSPS) is 11.5. The van der Waals surface area contributed by atoms with Gasteiger partial charge in [0.2, 0.25) is 11.9 Å². The van der Waals surface area contributed by atoms with E-state index in [-0.39, 0.29) is 60.6 Å². The maximum Gasteiger partial charge on any atom is 0.330 e. The topological polar surface area (TPSA) is 365 Å². The number of nitrogens with one attached hydrogen (secondary N) is 2. The molecule has 12 N–H and O–H groups in total. The summed E-state index contributed by atoms with van der Waals surface area (Å²) in [5.41, 5.74) is 28.4. The highest BCUT2D eigenvalue weighted by atomic mass is 31.2. The molecule has 0 aliphatic rings. The highest BCUT2D eigenvalue weighted by molar-refractivity contribution is 7.53. The van der Waals surface area contributed by atoms with Gasteiger partial charge in [-0.05, 0) is 75.2 Å². The summed E-state index contributed by atoms with van der Waals surface area (Å²) >= 11 is 0. The summed E-state index contributed by atoms with van der Waals surface area (Å²) in [5.74, 6) is -0.0921. The smallest absolute Gasteiger partial charge is 0.330 e. The van der Waals surface area contributed by atoms with Gasteiger partial charge in [0.05, 0.1) is 62.4 Å². The molecule has 0 atom stereocenters. The fraction of sp³-hybridized carbons (Fsp3) is 0.350. The van der Waals surface area contributed by atoms with Gasteiger partial charge in [0.25, 0.3) is 11.8 Å². The van der Waals surface area contributed by atoms with E-state index in [0.29, 0.717) is 84.1 Å². The highest BCUT2D eigenvalue weighted by Gasteiger charge is 2.23. The highest BCUT2D eigenvalue weighted by Crippen LogP contribution is 2.48. The molecule has 0 bridgehead atoms. The van der Waals surface area contributed by atoms with E-state index in [0.717, 1.165) is 11.4 Å². The number of carbonyl (C=O) groups excluding carboxylic acids is 2. The van der Waals surface area contributed by atoms with Crippen molar-refractivity contribution in [1.29, 1.82) is 0 Å². The first-order valence-electron chi connectivity index (χ1n) is 20.6. The summed E-state index contributed by atoms with van der Waals surface area (Å²) in [6, 6.07) is 14.1. The maximum absolute atomic E-state index is 12.5. The molecule has 2 amide bonds. The number of hydrogen-bond donors (Lipinski definition) is 8. The summed E-state index contributed by atoms with van der Waals surface area (Å²) in [7, 11) is -3.38. The van der Waals surface area contributed by atoms with E-state index >= 15 is 0 Å². The molecule has 352 valence electrons. The molecule has 0 spiro atoms. The maximum atomic E-state index is 12.5. The van der Waals surface area contributed by atoms with Gasteiger partial charge >= 0.3 is 15.2 Å². The quantitative estimate of drug-likeness (QED) is 0.0402. The number of benzene rings is 2. The summed E-state index contributed by atoms with van der Waals surface area (Å²) in [6.07, 6.45) is 3.87. The van der Waals surface area contributed by atoms with Crippen LogP contribution in [0.3, 0.4) is 0 Å². The van der Waals surface area contributed by atoms with Crippen molar-refractivity contribution in [3.05, 3.63) is 83.4 Å². The third kappa shape index (κ3) is 14.7. The number of nitrogens with zero attached hydrogens (tertiary/aromatic N) is 10. The second-order valence-electron chi connectivity index (χ2n) is 14.6. The average Bonchev–Trinajstić information content (AvgIpc) is 3.27. The van der Waals surface area contributed by atoms with Gasteiger partial charge in [-0.3, -0.25) is 18.7 Å². The van der Waals surface area contributed by atoms with Crippen LogP contribution in [0.4, 0.5) is 34.9 Å². The van der Waals surface area contributed by atoms with Crippen LogP contribution in [0, 0.1) is 0 Å². The van der Waals surface area contributed by atoms with Gasteiger partial charge in [-0.25, -0.2) is 19.9 Å². The average molecular weight is 949 g/mol. The first-order chi connectivity index (χ1) is 31.4. The van der Waals surface area contributed by atoms with Gasteiger partial charge in [-0.1, -0.05) is 0 Å². The minimum atomic E-state index is -4.05. The van der Waals surface area contributed by atoms with Crippen LogP contribution in [0.1, 0.15) is 58.8 Å². The van der Waals surface area contributed by atoms with Crippen molar-refractivity contribution in [1.82, 2.24) is 50.5 Å². The van der Waals surface area contributed by atoms with Gasteiger partial charge in [0.1, 0.15) is 0 Å². The number of aromatic nitrogens is 8. The standard InChI is InChI=1S/C22H31N8O4P.C18H23N8O4P/c1-4-33-35(32,34-5-2)12-6-11-25-21(31)15-7-9-17(10-8-15)30(3)14-16-13-26-20-18(27-16)19(23)28-22(24)29-20;1-26(10-12-9-22-16-14(23-12)15(19)24-18(20)25-16)13-5-3-11(4-6-13)17(27)21-7-2-8-31(28,29)30/h7-10,13H,4-6,11-12,14H2,1-3H3,(H,25,31)(H4,23,24,26,28,29);3-6,9H,2,7-8,10H2,1H3,(H,21,27)(H2,28,29,30)(H4,19,20,22,24,25). The molecule has 66 heavy (non-hydrogen) atoms. The molecule has 0 saturated heterocycles. The van der Waals surface area contributed by atoms with Crippen molar-refractivity contribution in [2.75, 3.05) is 85.5 Å². The van der Waals surface area contributed by atoms with Gasteiger partial charge in [0.15, 0.2) is 34.0 Å². The Hall–Kier alpha value is -6.68. The number of fused-ring (bicyclic) bond motifs is 2. The molecule has 0 unspecified atom stereocenters. The largest absolute Gasteiger partial charge is 0.382 e. The van der Waals surface area contributed by atoms with Crippen molar-refractivity contribution in [3.8, 4) is 0 Å². The van der Waals surface area contributed by atoms with Crippen molar-refractivity contribution in [2.24, 2.45) is 0 Å². The van der Waals surface area contributed by atoms with Crippen molar-refractivity contribution in [2.45, 2.75) is 39.8 Å². The monoisotopic (exact) mass is 948 g/mol. The van der Waals surface area contributed by atoms with Crippen LogP contribution in [0.15, 0.2) is 60.9 Å². The molecular formula is C40H54N16O8P2. The van der Waals surface area contributed by atoms with Crippen LogP contribution in [-0.2, 0) is 31.3 Å². The number of hydrogen-bond acceptors (Lipinski definition) is 20. The number of nitrogen functional groups attached to an aromatic ring is 4. The first kappa shape index (κ1) is 50.3. The number of rotatable bonds is 20. The second-order valence-corrected chi connectivity index (χ2v) is 18.5. The Morgan fingerprint density at radius 1 is 0.621 bits per heavy atom. The molecule has 0 saturated carbocycles. The fourth-order valence-corrected chi connectivity index (χ4v) is 8.48. The van der Waals surface area contributed by atoms with Crippen LogP contribution in [0.5, 0.6) is 0 Å². The van der Waals surface area contributed by atoms with E-state index in [1.54, 1.807) is 62.6 Å². The van der Waals surface area contributed by atoms with Crippen LogP contribution in [0.25, 0.3) is 22.3 Å². The Morgan fingerprint density at radius 3 is 1.39 bits per heavy atom. The van der Waals surface area contributed by atoms with Crippen molar-refractivity contribution < 1.29 is 37.6 Å². The number of amides is 2. The molecule has 0 aliphatic carbocycles. The van der Waals surface area contributed by atoms with E-state index in [4.69, 9.17) is 41.8 Å². The third-order valence-electron chi connectivity index (χ3n) is 9.40. The Balaban J connectivity index is 0.000000249. The first-order valence-corrected chi connectivity index (χ1v) is 24.1. The fourth-order valence-electron chi connectivity index (χ4n) is 6.25. The summed E-state index contributed by atoms with van der Waals surface area (Å²) in [5, 5.41) is 5.47. The van der Waals surface area contributed by atoms with Crippen LogP contribution >= 0.6 is 15.2 Å². The summed E-state index contributed by atoms with van der Waals surface area (Å²) < 4.78 is 33.8. The molecule has 26 heteroatoms. The van der Waals surface area contributed by atoms with Gasteiger partial charge in [0, 0.05) is 49.7 Å². The predicted molar refractivity (Wildman–Crippen MR) is 252 cm³/mol. The Labute approximate surface area is 380 Å². The number of carbonyl (C=O) groups is 2. The van der Waals surface area contributed by atoms with E-state index in [9.17, 15) is 18.7 Å². The van der Waals surface area contributed by atoms with Crippen LogP contribution in [-0.4, -0.2) is 114 Å². The zero-order chi connectivity index (χ0) is 48.0. The molecule has 4 heterocycles. The minimum Gasteiger partial charge on any atom is -0.382 e. The Kier molecular flexibility index (Phi) is 17.5. The van der Waals surface area contributed by atoms with E-state index in [1.165, 1.54) is 0 Å². The lowest BCUT2D eigenvalue weighted by Crippen LogP contribution is -2.25. The number of nitrogens with two attached hydrogens (primary N) is 4. The molecule has 0 radical (unpaired) electrons. The molecule has 0 aliphatic heterocycles. The summed E-state index contributed by atoms with van der Waals surface area (Å²) in [6.45, 7) is 5.61. The second kappa shape index (κ2) is 23.0. The molecule has 0 fully saturated rings. The molecule has 2 aromatic carbocycles. The Morgan fingerprint density at radius 2 is 1.02 bits per heavy atom. The predicted octanol–water partition coefficient (Wildman–Crippen LogP) is 3.12. The van der Waals surface area contributed by atoms with E-state index in [1.807, 2.05) is 36.0 Å². The lowest BCUT2D eigenvalue weighted by atomic mass is 10.2. The molecule has 24 nitrogen and oxygen atoms in total. The van der Waals surface area contributed by atoms with Crippen LogP contribution in [0.2, 0.25) is 0 Å². The van der Waals surface area contributed by atoms with Crippen molar-refractivity contribution in [3.63, 3.8) is 0 Å². The van der Waals surface area contributed by atoms with E-state index < -0.39 is 15.2 Å². The van der Waals surface area contributed by atoms with Gasteiger partial charge in [-0.2, -0.15) is 19.9 Å². The minimum absolute atomic E-state index is 0.0371. The number of anilines is 6. The van der Waals surface area contributed by atoms with Crippen LogP contribution < -0.4 is 43.4 Å². The molecule has 4 aromatic heterocycles. The SMILES string of the molecule is CCOP(=O)(CCCNC(=O)c1ccc(N(C)Cc2cnc3nc(N)nc(N)c3n2)cc1)OCC.CN(Cc1cnc2nc(N)nc(N)c2n1)c1ccc(C(=O)NCCCP(=O)(O)O)cc1. The van der Waals surface area contributed by atoms with Gasteiger partial charge < -0.3 is 62.2 Å². The van der Waals surface area contributed by atoms with Gasteiger partial charge in [-0.15, -0.1) is 0 Å². The van der Waals surface area contributed by atoms with Crippen molar-refractivity contribution >= 4 is 84.2 Å². The molecule has 6 rings (SSSR count). The Bertz CT molecular complexity index is 2700. The zero-order valence-corrected chi connectivity index (χ0v) is 38.7.